The van der Waals surface area contributed by atoms with E-state index in [1.54, 1.807) is 30.2 Å². The summed E-state index contributed by atoms with van der Waals surface area (Å²) in [7, 11) is 1.58. The molecule has 0 saturated carbocycles. The summed E-state index contributed by atoms with van der Waals surface area (Å²) in [4.78, 5) is 27.5. The van der Waals surface area contributed by atoms with Crippen LogP contribution in [0.3, 0.4) is 0 Å². The molecule has 0 saturated heterocycles. The number of hydrogen-bond acceptors (Lipinski definition) is 5. The van der Waals surface area contributed by atoms with Crippen molar-refractivity contribution in [2.75, 3.05) is 32.2 Å². The first kappa shape index (κ1) is 21.6. The second-order valence-corrected chi connectivity index (χ2v) is 7.66. The van der Waals surface area contributed by atoms with Crippen LogP contribution in [0.15, 0.2) is 42.5 Å². The van der Waals surface area contributed by atoms with Crippen LogP contribution in [-0.4, -0.2) is 54.7 Å². The molecule has 0 radical (unpaired) electrons. The number of anilines is 1. The molecule has 1 aliphatic rings. The quantitative estimate of drug-likeness (QED) is 0.762. The normalized spacial score (nSPS) is 17.3. The molecule has 1 aliphatic heterocycles. The molecule has 0 aliphatic carbocycles. The summed E-state index contributed by atoms with van der Waals surface area (Å²) in [6.07, 6.45) is 0.166. The smallest absolute Gasteiger partial charge is 0.258 e. The first-order valence-corrected chi connectivity index (χ1v) is 10.0. The van der Waals surface area contributed by atoms with Crippen molar-refractivity contribution in [3.63, 3.8) is 0 Å². The van der Waals surface area contributed by atoms with Crippen molar-refractivity contribution in [1.29, 1.82) is 0 Å². The van der Waals surface area contributed by atoms with Gasteiger partial charge in [-0.15, -0.1) is 0 Å². The Bertz CT molecular complexity index is 914. The molecule has 2 aromatic rings. The van der Waals surface area contributed by atoms with Crippen LogP contribution in [0.2, 0.25) is 0 Å². The largest absolute Gasteiger partial charge is 0.497 e. The average molecular weight is 412 g/mol. The van der Waals surface area contributed by atoms with E-state index in [2.05, 4.69) is 5.32 Å². The van der Waals surface area contributed by atoms with Crippen molar-refractivity contribution >= 4 is 17.5 Å². The van der Waals surface area contributed by atoms with Crippen LogP contribution in [0.1, 0.15) is 29.8 Å². The van der Waals surface area contributed by atoms with Crippen molar-refractivity contribution in [3.8, 4) is 11.5 Å². The molecule has 2 N–H and O–H groups in total. The number of para-hydroxylation sites is 1. The molecule has 7 nitrogen and oxygen atoms in total. The number of carbonyl (C=O) groups is 2. The maximum Gasteiger partial charge on any atom is 0.258 e. The van der Waals surface area contributed by atoms with Crippen molar-refractivity contribution in [3.05, 3.63) is 53.6 Å². The van der Waals surface area contributed by atoms with Gasteiger partial charge in [0, 0.05) is 12.5 Å². The molecule has 7 heteroatoms. The summed E-state index contributed by atoms with van der Waals surface area (Å²) >= 11 is 0. The van der Waals surface area contributed by atoms with E-state index in [0.717, 1.165) is 5.56 Å². The van der Waals surface area contributed by atoms with Crippen LogP contribution in [0.5, 0.6) is 11.5 Å². The first-order valence-electron chi connectivity index (χ1n) is 10.0. The number of rotatable bonds is 6. The van der Waals surface area contributed by atoms with Gasteiger partial charge >= 0.3 is 0 Å². The van der Waals surface area contributed by atoms with E-state index in [1.165, 1.54) is 0 Å². The fourth-order valence-corrected chi connectivity index (χ4v) is 3.45. The molecule has 1 heterocycles. The van der Waals surface area contributed by atoms with Crippen LogP contribution in [0, 0.1) is 5.92 Å². The molecular formula is C23H28N2O5. The SMILES string of the molecule is COc1cccc(CC(=O)Nc2cccc3c2OC[C@H](C)CN([C@@H](C)CO)C3=O)c1. The Morgan fingerprint density at radius 1 is 1.33 bits per heavy atom. The minimum atomic E-state index is -0.308. The molecule has 0 fully saturated rings. The number of amides is 2. The molecular weight excluding hydrogens is 384 g/mol. The van der Waals surface area contributed by atoms with Gasteiger partial charge in [-0.25, -0.2) is 0 Å². The van der Waals surface area contributed by atoms with Gasteiger partial charge in [-0.2, -0.15) is 0 Å². The number of carbonyl (C=O) groups excluding carboxylic acids is 2. The highest BCUT2D eigenvalue weighted by Gasteiger charge is 2.29. The lowest BCUT2D eigenvalue weighted by atomic mass is 10.0. The highest BCUT2D eigenvalue weighted by Crippen LogP contribution is 2.33. The lowest BCUT2D eigenvalue weighted by molar-refractivity contribution is -0.115. The number of fused-ring (bicyclic) bond motifs is 1. The summed E-state index contributed by atoms with van der Waals surface area (Å²) in [6.45, 7) is 4.57. The topological polar surface area (TPSA) is 88.1 Å². The molecule has 3 rings (SSSR count). The summed E-state index contributed by atoms with van der Waals surface area (Å²) in [5.41, 5.74) is 1.65. The number of ether oxygens (including phenoxy) is 2. The van der Waals surface area contributed by atoms with E-state index >= 15 is 0 Å². The third-order valence-electron chi connectivity index (χ3n) is 5.10. The summed E-state index contributed by atoms with van der Waals surface area (Å²) in [6, 6.07) is 12.1. The zero-order chi connectivity index (χ0) is 21.7. The van der Waals surface area contributed by atoms with E-state index in [-0.39, 0.29) is 36.8 Å². The minimum absolute atomic E-state index is 0.0802. The third-order valence-corrected chi connectivity index (χ3v) is 5.10. The predicted molar refractivity (Wildman–Crippen MR) is 114 cm³/mol. The number of aliphatic hydroxyl groups excluding tert-OH is 1. The zero-order valence-electron chi connectivity index (χ0n) is 17.6. The lowest BCUT2D eigenvalue weighted by Crippen LogP contribution is -2.45. The van der Waals surface area contributed by atoms with E-state index in [1.807, 2.05) is 38.1 Å². The Morgan fingerprint density at radius 3 is 2.83 bits per heavy atom. The molecule has 0 aromatic heterocycles. The van der Waals surface area contributed by atoms with Crippen LogP contribution in [0.25, 0.3) is 0 Å². The van der Waals surface area contributed by atoms with Gasteiger partial charge in [0.2, 0.25) is 5.91 Å². The third kappa shape index (κ3) is 4.91. The van der Waals surface area contributed by atoms with Crippen molar-refractivity contribution in [1.82, 2.24) is 4.90 Å². The van der Waals surface area contributed by atoms with Gasteiger partial charge in [-0.05, 0) is 36.8 Å². The Labute approximate surface area is 176 Å². The van der Waals surface area contributed by atoms with Crippen molar-refractivity contribution < 1.29 is 24.2 Å². The molecule has 30 heavy (non-hydrogen) atoms. The van der Waals surface area contributed by atoms with Gasteiger partial charge in [0.15, 0.2) is 5.75 Å². The summed E-state index contributed by atoms with van der Waals surface area (Å²) in [5, 5.41) is 12.4. The number of nitrogens with zero attached hydrogens (tertiary/aromatic N) is 1. The Kier molecular flexibility index (Phi) is 6.95. The highest BCUT2D eigenvalue weighted by molar-refractivity contribution is 6.01. The summed E-state index contributed by atoms with van der Waals surface area (Å²) in [5.74, 6) is 0.691. The van der Waals surface area contributed by atoms with Crippen LogP contribution < -0.4 is 14.8 Å². The lowest BCUT2D eigenvalue weighted by Gasteiger charge is -2.33. The average Bonchev–Trinajstić information content (AvgIpc) is 2.74. The van der Waals surface area contributed by atoms with Crippen molar-refractivity contribution in [2.24, 2.45) is 5.92 Å². The Morgan fingerprint density at radius 2 is 2.10 bits per heavy atom. The van der Waals surface area contributed by atoms with Gasteiger partial charge in [0.05, 0.1) is 44.0 Å². The zero-order valence-corrected chi connectivity index (χ0v) is 17.6. The van der Waals surface area contributed by atoms with Crippen LogP contribution in [-0.2, 0) is 11.2 Å². The number of aliphatic hydroxyl groups is 1. The number of nitrogens with one attached hydrogen (secondary N) is 1. The second kappa shape index (κ2) is 9.63. The molecule has 0 spiro atoms. The minimum Gasteiger partial charge on any atom is -0.497 e. The first-order chi connectivity index (χ1) is 14.4. The van der Waals surface area contributed by atoms with Gasteiger partial charge in [-0.1, -0.05) is 25.1 Å². The molecule has 2 atom stereocenters. The number of benzene rings is 2. The molecule has 160 valence electrons. The number of methoxy groups -OCH3 is 1. The van der Waals surface area contributed by atoms with Crippen LogP contribution in [0.4, 0.5) is 5.69 Å². The summed E-state index contributed by atoms with van der Waals surface area (Å²) < 4.78 is 11.2. The Hall–Kier alpha value is -3.06. The van der Waals surface area contributed by atoms with Gasteiger partial charge in [0.25, 0.3) is 5.91 Å². The second-order valence-electron chi connectivity index (χ2n) is 7.66. The standard InChI is InChI=1S/C23H28N2O5/c1-15-12-25(16(2)13-26)23(28)19-8-5-9-20(22(19)30-14-15)24-21(27)11-17-6-4-7-18(10-17)29-3/h4-10,15-16,26H,11-14H2,1-3H3,(H,24,27)/t15-,16+/m1/s1. The van der Waals surface area contributed by atoms with Gasteiger partial charge < -0.3 is 24.8 Å². The molecule has 2 aromatic carbocycles. The van der Waals surface area contributed by atoms with Crippen LogP contribution >= 0.6 is 0 Å². The van der Waals surface area contributed by atoms with E-state index in [4.69, 9.17) is 9.47 Å². The Balaban J connectivity index is 1.85. The fraction of sp³-hybridized carbons (Fsp3) is 0.391. The number of hydrogen-bond donors (Lipinski definition) is 2. The van der Waals surface area contributed by atoms with E-state index < -0.39 is 0 Å². The van der Waals surface area contributed by atoms with E-state index in [9.17, 15) is 14.7 Å². The van der Waals surface area contributed by atoms with E-state index in [0.29, 0.717) is 35.9 Å². The monoisotopic (exact) mass is 412 g/mol. The molecule has 0 unspecified atom stereocenters. The predicted octanol–water partition coefficient (Wildman–Crippen LogP) is 2.73. The maximum absolute atomic E-state index is 13.1. The maximum atomic E-state index is 13.1. The molecule has 2 amide bonds. The molecule has 0 bridgehead atoms. The van der Waals surface area contributed by atoms with Gasteiger partial charge in [0.1, 0.15) is 5.75 Å². The van der Waals surface area contributed by atoms with Crippen molar-refractivity contribution in [2.45, 2.75) is 26.3 Å². The highest BCUT2D eigenvalue weighted by atomic mass is 16.5. The fourth-order valence-electron chi connectivity index (χ4n) is 3.45. The van der Waals surface area contributed by atoms with Gasteiger partial charge in [-0.3, -0.25) is 9.59 Å².